The van der Waals surface area contributed by atoms with Crippen LogP contribution in [0.15, 0.2) is 0 Å². The van der Waals surface area contributed by atoms with Gasteiger partial charge in [-0.05, 0) is 39.7 Å². The molecule has 19 heavy (non-hydrogen) atoms. The fourth-order valence-electron chi connectivity index (χ4n) is 1.78. The molecule has 0 heterocycles. The van der Waals surface area contributed by atoms with Gasteiger partial charge in [0.2, 0.25) is 0 Å². The highest BCUT2D eigenvalue weighted by molar-refractivity contribution is 5.80. The normalized spacial score (nSPS) is 16.8. The number of ether oxygens (including phenoxy) is 2. The summed E-state index contributed by atoms with van der Waals surface area (Å²) in [7, 11) is 1.78. The lowest BCUT2D eigenvalue weighted by Gasteiger charge is -2.30. The molecule has 0 fully saturated rings. The Balaban J connectivity index is 4.26. The first-order chi connectivity index (χ1) is 8.64. The smallest absolute Gasteiger partial charge is 0.326 e. The molecule has 0 aliphatic rings. The van der Waals surface area contributed by atoms with E-state index in [4.69, 9.17) is 9.47 Å². The Morgan fingerprint density at radius 1 is 1.26 bits per heavy atom. The van der Waals surface area contributed by atoms with Crippen LogP contribution in [0.25, 0.3) is 0 Å². The summed E-state index contributed by atoms with van der Waals surface area (Å²) < 4.78 is 10.9. The average Bonchev–Trinajstić information content (AvgIpc) is 2.27. The monoisotopic (exact) mass is 273 g/mol. The van der Waals surface area contributed by atoms with Crippen LogP contribution in [-0.2, 0) is 14.3 Å². The van der Waals surface area contributed by atoms with Crippen molar-refractivity contribution in [2.45, 2.75) is 66.0 Å². The first-order valence-corrected chi connectivity index (χ1v) is 7.12. The molecule has 0 aliphatic heterocycles. The highest BCUT2D eigenvalue weighted by Gasteiger charge is 2.34. The van der Waals surface area contributed by atoms with Crippen molar-refractivity contribution in [1.29, 1.82) is 0 Å². The van der Waals surface area contributed by atoms with Gasteiger partial charge < -0.3 is 14.8 Å². The summed E-state index contributed by atoms with van der Waals surface area (Å²) in [5.74, 6) is -0.219. The lowest BCUT2D eigenvalue weighted by atomic mass is 9.92. The molecule has 0 spiro atoms. The molecule has 2 unspecified atom stereocenters. The van der Waals surface area contributed by atoms with Crippen LogP contribution < -0.4 is 5.32 Å². The first-order valence-electron chi connectivity index (χ1n) is 7.12. The Bertz CT molecular complexity index is 273. The largest absolute Gasteiger partial charge is 0.465 e. The molecule has 0 saturated carbocycles. The van der Waals surface area contributed by atoms with Gasteiger partial charge in [-0.15, -0.1) is 0 Å². The van der Waals surface area contributed by atoms with E-state index in [0.717, 1.165) is 6.42 Å². The molecular weight excluding hydrogens is 242 g/mol. The number of carbonyl (C=O) groups is 1. The highest BCUT2D eigenvalue weighted by atomic mass is 16.5. The van der Waals surface area contributed by atoms with Gasteiger partial charge in [0.1, 0.15) is 5.54 Å². The van der Waals surface area contributed by atoms with Crippen molar-refractivity contribution in [2.75, 3.05) is 20.3 Å². The van der Waals surface area contributed by atoms with Gasteiger partial charge in [-0.2, -0.15) is 0 Å². The topological polar surface area (TPSA) is 47.6 Å². The van der Waals surface area contributed by atoms with Crippen molar-refractivity contribution in [3.8, 4) is 0 Å². The van der Waals surface area contributed by atoms with Gasteiger partial charge in [0.05, 0.1) is 12.7 Å². The van der Waals surface area contributed by atoms with Gasteiger partial charge in [0.25, 0.3) is 0 Å². The summed E-state index contributed by atoms with van der Waals surface area (Å²) in [5.41, 5.74) is -0.412. The van der Waals surface area contributed by atoms with Gasteiger partial charge in [-0.25, -0.2) is 0 Å². The predicted molar refractivity (Wildman–Crippen MR) is 78.2 cm³/mol. The summed E-state index contributed by atoms with van der Waals surface area (Å²) >= 11 is 0. The van der Waals surface area contributed by atoms with Crippen LogP contribution in [0.2, 0.25) is 0 Å². The van der Waals surface area contributed by atoms with E-state index in [9.17, 15) is 4.79 Å². The number of carbonyl (C=O) groups excluding carboxylic acids is 1. The average molecular weight is 273 g/mol. The Morgan fingerprint density at radius 3 is 2.26 bits per heavy atom. The van der Waals surface area contributed by atoms with E-state index in [0.29, 0.717) is 19.6 Å². The lowest BCUT2D eigenvalue weighted by Crippen LogP contribution is -2.50. The minimum atomic E-state index is -0.683. The van der Waals surface area contributed by atoms with E-state index < -0.39 is 5.54 Å². The number of hydrogen-bond donors (Lipinski definition) is 1. The van der Waals surface area contributed by atoms with Gasteiger partial charge in [0, 0.05) is 13.0 Å². The highest BCUT2D eigenvalue weighted by Crippen LogP contribution is 2.20. The standard InChI is InChI=1S/C15H31NO3/c1-8-18-13(17)15(6,16-7)11-12(2)19-10-9-14(3,4)5/h12,16H,8-11H2,1-7H3. The molecule has 0 saturated heterocycles. The van der Waals surface area contributed by atoms with Crippen molar-refractivity contribution >= 4 is 5.97 Å². The number of rotatable bonds is 8. The van der Waals surface area contributed by atoms with E-state index >= 15 is 0 Å². The Morgan fingerprint density at radius 2 is 1.84 bits per heavy atom. The number of likely N-dealkylation sites (N-methyl/N-ethyl adjacent to an activating group) is 1. The molecule has 0 radical (unpaired) electrons. The molecule has 0 aliphatic carbocycles. The zero-order chi connectivity index (χ0) is 15.1. The van der Waals surface area contributed by atoms with Crippen LogP contribution >= 0.6 is 0 Å². The third kappa shape index (κ3) is 7.53. The Kier molecular flexibility index (Phi) is 7.60. The first kappa shape index (κ1) is 18.4. The van der Waals surface area contributed by atoms with Crippen LogP contribution in [0, 0.1) is 5.41 Å². The molecule has 0 rings (SSSR count). The second-order valence-electron chi connectivity index (χ2n) is 6.50. The molecule has 1 N–H and O–H groups in total. The molecule has 0 bridgehead atoms. The third-order valence-electron chi connectivity index (χ3n) is 3.23. The van der Waals surface area contributed by atoms with E-state index in [-0.39, 0.29) is 17.5 Å². The van der Waals surface area contributed by atoms with Crippen molar-refractivity contribution in [2.24, 2.45) is 5.41 Å². The van der Waals surface area contributed by atoms with Gasteiger partial charge in [0.15, 0.2) is 0 Å². The number of esters is 1. The zero-order valence-electron chi connectivity index (χ0n) is 13.6. The molecule has 0 aromatic carbocycles. The second kappa shape index (κ2) is 7.85. The molecule has 0 aromatic rings. The maximum atomic E-state index is 11.9. The molecular formula is C15H31NO3. The molecule has 0 amide bonds. The van der Waals surface area contributed by atoms with Crippen LogP contribution in [0.1, 0.15) is 54.4 Å². The number of nitrogens with one attached hydrogen (secondary N) is 1. The zero-order valence-corrected chi connectivity index (χ0v) is 13.6. The van der Waals surface area contributed by atoms with E-state index in [2.05, 4.69) is 26.1 Å². The van der Waals surface area contributed by atoms with E-state index in [1.54, 1.807) is 7.05 Å². The summed E-state index contributed by atoms with van der Waals surface area (Å²) in [6.45, 7) is 13.4. The Labute approximate surface area is 118 Å². The molecule has 2 atom stereocenters. The van der Waals surface area contributed by atoms with Crippen molar-refractivity contribution in [1.82, 2.24) is 5.32 Å². The third-order valence-corrected chi connectivity index (χ3v) is 3.23. The van der Waals surface area contributed by atoms with E-state index in [1.807, 2.05) is 20.8 Å². The summed E-state index contributed by atoms with van der Waals surface area (Å²) in [6, 6.07) is 0. The van der Waals surface area contributed by atoms with Crippen LogP contribution in [0.4, 0.5) is 0 Å². The van der Waals surface area contributed by atoms with Gasteiger partial charge >= 0.3 is 5.97 Å². The SMILES string of the molecule is CCOC(=O)C(C)(CC(C)OCCC(C)(C)C)NC. The van der Waals surface area contributed by atoms with Crippen LogP contribution in [0.5, 0.6) is 0 Å². The quantitative estimate of drug-likeness (QED) is 0.691. The maximum absolute atomic E-state index is 11.9. The van der Waals surface area contributed by atoms with E-state index in [1.165, 1.54) is 0 Å². The molecule has 114 valence electrons. The molecule has 4 nitrogen and oxygen atoms in total. The number of hydrogen-bond acceptors (Lipinski definition) is 4. The predicted octanol–water partition coefficient (Wildman–Crippen LogP) is 2.76. The minimum Gasteiger partial charge on any atom is -0.465 e. The fourth-order valence-corrected chi connectivity index (χ4v) is 1.78. The van der Waals surface area contributed by atoms with Gasteiger partial charge in [-0.3, -0.25) is 4.79 Å². The second-order valence-corrected chi connectivity index (χ2v) is 6.50. The maximum Gasteiger partial charge on any atom is 0.326 e. The lowest BCUT2D eigenvalue weighted by molar-refractivity contribution is -0.152. The fraction of sp³-hybridized carbons (Fsp3) is 0.933. The van der Waals surface area contributed by atoms with Crippen molar-refractivity contribution in [3.05, 3.63) is 0 Å². The molecule has 4 heteroatoms. The minimum absolute atomic E-state index is 0.0178. The summed E-state index contributed by atoms with van der Waals surface area (Å²) in [4.78, 5) is 11.9. The van der Waals surface area contributed by atoms with Gasteiger partial charge in [-0.1, -0.05) is 20.8 Å². The van der Waals surface area contributed by atoms with Crippen LogP contribution in [0.3, 0.4) is 0 Å². The van der Waals surface area contributed by atoms with Crippen molar-refractivity contribution < 1.29 is 14.3 Å². The Hall–Kier alpha value is -0.610. The summed E-state index contributed by atoms with van der Waals surface area (Å²) in [6.07, 6.45) is 1.63. The summed E-state index contributed by atoms with van der Waals surface area (Å²) in [5, 5.41) is 3.05. The molecule has 0 aromatic heterocycles. The van der Waals surface area contributed by atoms with Crippen molar-refractivity contribution in [3.63, 3.8) is 0 Å². The van der Waals surface area contributed by atoms with Crippen LogP contribution in [-0.4, -0.2) is 37.9 Å².